The van der Waals surface area contributed by atoms with Crippen LogP contribution in [-0.4, -0.2) is 26.7 Å². The average Bonchev–Trinajstić information content (AvgIpc) is 2.57. The van der Waals surface area contributed by atoms with Gasteiger partial charge in [-0.15, -0.1) is 0 Å². The molecule has 0 bridgehead atoms. The van der Waals surface area contributed by atoms with Crippen LogP contribution < -0.4 is 10.9 Å². The number of hydrogen-bond acceptors (Lipinski definition) is 4. The molecule has 7 heteroatoms. The maximum Gasteiger partial charge on any atom is 0.323 e. The van der Waals surface area contributed by atoms with Crippen molar-refractivity contribution in [2.75, 3.05) is 5.32 Å². The molecular weight excluding hydrogens is 342 g/mol. The molecule has 0 spiro atoms. The minimum absolute atomic E-state index is 0.0390. The SMILES string of the molecule is CCCCC(C)Nc1nc(Cl)c(-c2ccccc2)n(CC(=O)O)c1=O. The van der Waals surface area contributed by atoms with Crippen molar-refractivity contribution in [3.8, 4) is 11.3 Å². The molecule has 0 fully saturated rings. The van der Waals surface area contributed by atoms with E-state index in [0.29, 0.717) is 11.3 Å². The second kappa shape index (κ2) is 8.67. The third-order valence-electron chi connectivity index (χ3n) is 3.84. The Morgan fingerprint density at radius 1 is 1.36 bits per heavy atom. The van der Waals surface area contributed by atoms with Gasteiger partial charge in [0.2, 0.25) is 0 Å². The summed E-state index contributed by atoms with van der Waals surface area (Å²) < 4.78 is 1.15. The van der Waals surface area contributed by atoms with Crippen LogP contribution in [-0.2, 0) is 11.3 Å². The monoisotopic (exact) mass is 363 g/mol. The number of anilines is 1. The van der Waals surface area contributed by atoms with Gasteiger partial charge in [-0.1, -0.05) is 61.7 Å². The number of nitrogens with one attached hydrogen (secondary N) is 1. The molecule has 1 unspecified atom stereocenters. The molecule has 1 aromatic heterocycles. The van der Waals surface area contributed by atoms with Crippen LogP contribution in [0, 0.1) is 0 Å². The Labute approximate surface area is 151 Å². The Hall–Kier alpha value is -2.34. The van der Waals surface area contributed by atoms with Crippen molar-refractivity contribution < 1.29 is 9.90 Å². The van der Waals surface area contributed by atoms with Gasteiger partial charge in [-0.25, -0.2) is 4.98 Å². The van der Waals surface area contributed by atoms with Gasteiger partial charge < -0.3 is 10.4 Å². The third kappa shape index (κ3) is 4.82. The highest BCUT2D eigenvalue weighted by molar-refractivity contribution is 6.32. The fourth-order valence-electron chi connectivity index (χ4n) is 2.61. The number of carbonyl (C=O) groups is 1. The van der Waals surface area contributed by atoms with Gasteiger partial charge in [-0.3, -0.25) is 14.2 Å². The van der Waals surface area contributed by atoms with Crippen LogP contribution in [0.2, 0.25) is 5.15 Å². The van der Waals surface area contributed by atoms with E-state index in [1.165, 1.54) is 0 Å². The molecule has 0 aliphatic carbocycles. The summed E-state index contributed by atoms with van der Waals surface area (Å²) in [5.74, 6) is -1.04. The van der Waals surface area contributed by atoms with Crippen molar-refractivity contribution in [1.82, 2.24) is 9.55 Å². The summed E-state index contributed by atoms with van der Waals surface area (Å²) in [6.45, 7) is 3.57. The largest absolute Gasteiger partial charge is 0.480 e. The maximum atomic E-state index is 12.8. The second-order valence-electron chi connectivity index (χ2n) is 5.94. The molecule has 0 amide bonds. The molecule has 2 aromatic rings. The number of aliphatic carboxylic acids is 1. The minimum atomic E-state index is -1.12. The molecule has 2 rings (SSSR count). The fraction of sp³-hybridized carbons (Fsp3) is 0.389. The van der Waals surface area contributed by atoms with Crippen molar-refractivity contribution in [2.45, 2.75) is 45.7 Å². The number of carboxylic acids is 1. The first-order chi connectivity index (χ1) is 11.9. The van der Waals surface area contributed by atoms with Crippen LogP contribution >= 0.6 is 11.6 Å². The average molecular weight is 364 g/mol. The Kier molecular flexibility index (Phi) is 6.58. The van der Waals surface area contributed by atoms with Gasteiger partial charge in [0.1, 0.15) is 6.54 Å². The van der Waals surface area contributed by atoms with Crippen LogP contribution in [0.15, 0.2) is 35.1 Å². The smallest absolute Gasteiger partial charge is 0.323 e. The highest BCUT2D eigenvalue weighted by Gasteiger charge is 2.19. The molecular formula is C18H22ClN3O3. The number of aromatic nitrogens is 2. The third-order valence-corrected chi connectivity index (χ3v) is 4.10. The second-order valence-corrected chi connectivity index (χ2v) is 6.30. The summed E-state index contributed by atoms with van der Waals surface area (Å²) in [6, 6.07) is 8.98. The Morgan fingerprint density at radius 2 is 2.04 bits per heavy atom. The van der Waals surface area contributed by atoms with E-state index in [4.69, 9.17) is 11.6 Å². The quantitative estimate of drug-likeness (QED) is 0.748. The Morgan fingerprint density at radius 3 is 2.64 bits per heavy atom. The van der Waals surface area contributed by atoms with Gasteiger partial charge in [0, 0.05) is 11.6 Å². The van der Waals surface area contributed by atoms with Crippen LogP contribution in [0.3, 0.4) is 0 Å². The number of unbranched alkanes of at least 4 members (excludes halogenated alkanes) is 1. The number of nitrogens with zero attached hydrogens (tertiary/aromatic N) is 2. The molecule has 2 N–H and O–H groups in total. The first kappa shape index (κ1) is 19.0. The topological polar surface area (TPSA) is 84.2 Å². The highest BCUT2D eigenvalue weighted by atomic mass is 35.5. The van der Waals surface area contributed by atoms with Crippen molar-refractivity contribution >= 4 is 23.4 Å². The fourth-order valence-corrected chi connectivity index (χ4v) is 2.90. The predicted octanol–water partition coefficient (Wildman–Crippen LogP) is 3.64. The minimum Gasteiger partial charge on any atom is -0.480 e. The van der Waals surface area contributed by atoms with Gasteiger partial charge in [0.15, 0.2) is 11.0 Å². The number of hydrogen-bond donors (Lipinski definition) is 2. The van der Waals surface area contributed by atoms with Crippen LogP contribution in [0.5, 0.6) is 0 Å². The number of halogens is 1. The zero-order valence-corrected chi connectivity index (χ0v) is 15.1. The lowest BCUT2D eigenvalue weighted by Crippen LogP contribution is -2.31. The zero-order chi connectivity index (χ0) is 18.4. The molecule has 0 aliphatic rings. The molecule has 0 radical (unpaired) electrons. The van der Waals surface area contributed by atoms with Crippen molar-refractivity contribution in [3.63, 3.8) is 0 Å². The first-order valence-electron chi connectivity index (χ1n) is 8.28. The summed E-state index contributed by atoms with van der Waals surface area (Å²) in [5, 5.41) is 12.3. The normalized spacial score (nSPS) is 12.0. The number of rotatable bonds is 8. The lowest BCUT2D eigenvalue weighted by Gasteiger charge is -2.18. The van der Waals surface area contributed by atoms with E-state index in [1.807, 2.05) is 13.0 Å². The van der Waals surface area contributed by atoms with E-state index in [1.54, 1.807) is 24.3 Å². The standard InChI is InChI=1S/C18H22ClN3O3/c1-3-4-8-12(2)20-17-18(25)22(11-14(23)24)15(16(19)21-17)13-9-6-5-7-10-13/h5-7,9-10,12H,3-4,8,11H2,1-2H3,(H,20,21)(H,23,24). The zero-order valence-electron chi connectivity index (χ0n) is 14.3. The van der Waals surface area contributed by atoms with Crippen molar-refractivity contribution in [2.24, 2.45) is 0 Å². The van der Waals surface area contributed by atoms with Crippen LogP contribution in [0.25, 0.3) is 11.3 Å². The van der Waals surface area contributed by atoms with Crippen molar-refractivity contribution in [1.29, 1.82) is 0 Å². The molecule has 25 heavy (non-hydrogen) atoms. The lowest BCUT2D eigenvalue weighted by atomic mass is 10.1. The Bertz CT molecular complexity index is 790. The molecule has 0 saturated carbocycles. The predicted molar refractivity (Wildman–Crippen MR) is 99.2 cm³/mol. The van der Waals surface area contributed by atoms with E-state index >= 15 is 0 Å². The summed E-state index contributed by atoms with van der Waals surface area (Å²) in [5.41, 5.74) is 0.458. The maximum absolute atomic E-state index is 12.8. The molecule has 134 valence electrons. The van der Waals surface area contributed by atoms with Crippen LogP contribution in [0.1, 0.15) is 33.1 Å². The van der Waals surface area contributed by atoms with Crippen LogP contribution in [0.4, 0.5) is 5.82 Å². The summed E-state index contributed by atoms with van der Waals surface area (Å²) in [7, 11) is 0. The molecule has 1 aromatic carbocycles. The van der Waals surface area contributed by atoms with E-state index in [2.05, 4.69) is 17.2 Å². The number of benzene rings is 1. The van der Waals surface area contributed by atoms with Crippen molar-refractivity contribution in [3.05, 3.63) is 45.8 Å². The van der Waals surface area contributed by atoms with Gasteiger partial charge in [0.25, 0.3) is 5.56 Å². The Balaban J connectivity index is 2.50. The lowest BCUT2D eigenvalue weighted by molar-refractivity contribution is -0.137. The van der Waals surface area contributed by atoms with Gasteiger partial charge >= 0.3 is 5.97 Å². The molecule has 1 heterocycles. The van der Waals surface area contributed by atoms with E-state index < -0.39 is 18.1 Å². The first-order valence-corrected chi connectivity index (χ1v) is 8.66. The summed E-state index contributed by atoms with van der Waals surface area (Å²) in [6.07, 6.45) is 2.96. The number of carboxylic acid groups (broad SMARTS) is 1. The molecule has 0 saturated heterocycles. The molecule has 1 atom stereocenters. The van der Waals surface area contributed by atoms with E-state index in [0.717, 1.165) is 23.8 Å². The summed E-state index contributed by atoms with van der Waals surface area (Å²) >= 11 is 6.31. The highest BCUT2D eigenvalue weighted by Crippen LogP contribution is 2.26. The van der Waals surface area contributed by atoms with Gasteiger partial charge in [-0.2, -0.15) is 0 Å². The van der Waals surface area contributed by atoms with Gasteiger partial charge in [-0.05, 0) is 13.3 Å². The summed E-state index contributed by atoms with van der Waals surface area (Å²) in [4.78, 5) is 28.2. The molecule has 6 nitrogen and oxygen atoms in total. The van der Waals surface area contributed by atoms with Gasteiger partial charge in [0.05, 0.1) is 5.69 Å². The van der Waals surface area contributed by atoms with E-state index in [9.17, 15) is 14.7 Å². The van der Waals surface area contributed by atoms with E-state index in [-0.39, 0.29) is 17.0 Å². The molecule has 0 aliphatic heterocycles.